The summed E-state index contributed by atoms with van der Waals surface area (Å²) in [5.74, 6) is 0.104. The Morgan fingerprint density at radius 1 is 1.43 bits per heavy atom. The molecule has 1 atom stereocenters. The number of hydrogen-bond acceptors (Lipinski definition) is 1. The second-order valence-electron chi connectivity index (χ2n) is 4.25. The molecule has 1 aromatic carbocycles. The van der Waals surface area contributed by atoms with Crippen LogP contribution in [-0.2, 0) is 6.42 Å². The van der Waals surface area contributed by atoms with Crippen LogP contribution in [0.1, 0.15) is 49.0 Å². The Morgan fingerprint density at radius 2 is 2.14 bits per heavy atom. The van der Waals surface area contributed by atoms with Crippen molar-refractivity contribution in [2.24, 2.45) is 0 Å². The van der Waals surface area contributed by atoms with E-state index >= 15 is 0 Å². The van der Waals surface area contributed by atoms with Gasteiger partial charge in [0.25, 0.3) is 0 Å². The van der Waals surface area contributed by atoms with E-state index in [4.69, 9.17) is 0 Å². The lowest BCUT2D eigenvalue weighted by Gasteiger charge is -2.11. The van der Waals surface area contributed by atoms with Crippen molar-refractivity contribution >= 4 is 0 Å². The Kier molecular flexibility index (Phi) is 2.31. The highest BCUT2D eigenvalue weighted by Crippen LogP contribution is 2.35. The number of aliphatic hydroxyl groups excluding tert-OH is 1. The third-order valence-corrected chi connectivity index (χ3v) is 2.96. The summed E-state index contributed by atoms with van der Waals surface area (Å²) in [5.41, 5.74) is 2.27. The van der Waals surface area contributed by atoms with Gasteiger partial charge in [0.1, 0.15) is 5.82 Å². The van der Waals surface area contributed by atoms with E-state index in [1.807, 2.05) is 19.9 Å². The molecule has 14 heavy (non-hydrogen) atoms. The van der Waals surface area contributed by atoms with Gasteiger partial charge < -0.3 is 5.11 Å². The summed E-state index contributed by atoms with van der Waals surface area (Å²) in [7, 11) is 0. The van der Waals surface area contributed by atoms with Crippen LogP contribution in [0.4, 0.5) is 4.39 Å². The Balaban J connectivity index is 2.53. The molecular formula is C12H15FO. The average molecular weight is 194 g/mol. The molecule has 0 spiro atoms. The summed E-state index contributed by atoms with van der Waals surface area (Å²) in [6.45, 7) is 3.96. The minimum atomic E-state index is -0.458. The maximum atomic E-state index is 13.9. The first-order valence-corrected chi connectivity index (χ1v) is 5.10. The number of aliphatic hydroxyl groups is 1. The molecule has 0 aromatic heterocycles. The van der Waals surface area contributed by atoms with Crippen LogP contribution in [0.15, 0.2) is 12.1 Å². The monoisotopic (exact) mass is 194 g/mol. The van der Waals surface area contributed by atoms with Gasteiger partial charge in [0, 0.05) is 0 Å². The zero-order chi connectivity index (χ0) is 10.3. The zero-order valence-electron chi connectivity index (χ0n) is 8.55. The van der Waals surface area contributed by atoms with E-state index in [9.17, 15) is 9.50 Å². The van der Waals surface area contributed by atoms with Crippen molar-refractivity contribution in [3.63, 3.8) is 0 Å². The van der Waals surface area contributed by atoms with Crippen LogP contribution in [0.3, 0.4) is 0 Å². The Hall–Kier alpha value is -0.890. The summed E-state index contributed by atoms with van der Waals surface area (Å²) < 4.78 is 13.9. The van der Waals surface area contributed by atoms with E-state index in [0.29, 0.717) is 12.8 Å². The first kappa shape index (κ1) is 9.66. The molecule has 76 valence electrons. The third kappa shape index (κ3) is 1.34. The van der Waals surface area contributed by atoms with Gasteiger partial charge in [0.15, 0.2) is 0 Å². The second-order valence-corrected chi connectivity index (χ2v) is 4.25. The van der Waals surface area contributed by atoms with Crippen LogP contribution >= 0.6 is 0 Å². The molecule has 0 amide bonds. The number of rotatable bonds is 1. The fourth-order valence-electron chi connectivity index (χ4n) is 2.10. The van der Waals surface area contributed by atoms with Gasteiger partial charge in [-0.1, -0.05) is 26.0 Å². The normalized spacial score (nSPS) is 20.2. The molecule has 0 heterocycles. The molecule has 0 aliphatic heterocycles. The topological polar surface area (TPSA) is 20.2 Å². The van der Waals surface area contributed by atoms with Crippen molar-refractivity contribution in [1.82, 2.24) is 0 Å². The lowest BCUT2D eigenvalue weighted by atomic mass is 9.97. The van der Waals surface area contributed by atoms with E-state index in [2.05, 4.69) is 0 Å². The lowest BCUT2D eigenvalue weighted by molar-refractivity contribution is 0.180. The molecule has 2 rings (SSSR count). The maximum Gasteiger partial charge on any atom is 0.130 e. The van der Waals surface area contributed by atoms with Gasteiger partial charge in [-0.2, -0.15) is 0 Å². The average Bonchev–Trinajstić information content (AvgIpc) is 2.49. The molecule has 0 fully saturated rings. The third-order valence-electron chi connectivity index (χ3n) is 2.96. The molecule has 0 radical (unpaired) electrons. The van der Waals surface area contributed by atoms with Gasteiger partial charge in [0.05, 0.1) is 6.10 Å². The van der Waals surface area contributed by atoms with Crippen molar-refractivity contribution < 1.29 is 9.50 Å². The Labute approximate surface area is 83.6 Å². The van der Waals surface area contributed by atoms with E-state index in [-0.39, 0.29) is 11.7 Å². The zero-order valence-corrected chi connectivity index (χ0v) is 8.55. The van der Waals surface area contributed by atoms with E-state index in [0.717, 1.165) is 16.7 Å². The highest BCUT2D eigenvalue weighted by Gasteiger charge is 2.25. The van der Waals surface area contributed by atoms with Gasteiger partial charge in [-0.3, -0.25) is 0 Å². The fraction of sp³-hybridized carbons (Fsp3) is 0.500. The lowest BCUT2D eigenvalue weighted by Crippen LogP contribution is -1.99. The first-order valence-electron chi connectivity index (χ1n) is 5.10. The van der Waals surface area contributed by atoms with E-state index < -0.39 is 6.10 Å². The molecule has 2 heteroatoms. The standard InChI is InChI=1S/C12H15FO/c1-7(2)8-3-4-9-10(12(8)13)5-6-11(9)14/h3-4,7,11,14H,5-6H2,1-2H3. The van der Waals surface area contributed by atoms with Gasteiger partial charge in [-0.25, -0.2) is 4.39 Å². The van der Waals surface area contributed by atoms with Crippen molar-refractivity contribution in [3.05, 3.63) is 34.6 Å². The number of halogens is 1. The fourth-order valence-corrected chi connectivity index (χ4v) is 2.10. The van der Waals surface area contributed by atoms with Gasteiger partial charge in [-0.15, -0.1) is 0 Å². The SMILES string of the molecule is CC(C)c1ccc2c(c1F)CCC2O. The quantitative estimate of drug-likeness (QED) is 0.728. The predicted octanol–water partition coefficient (Wildman–Crippen LogP) is 2.93. The van der Waals surface area contributed by atoms with Crippen molar-refractivity contribution in [2.45, 2.75) is 38.7 Å². The maximum absolute atomic E-state index is 13.9. The summed E-state index contributed by atoms with van der Waals surface area (Å²) in [4.78, 5) is 0. The highest BCUT2D eigenvalue weighted by molar-refractivity contribution is 5.39. The molecule has 1 N–H and O–H groups in total. The molecule has 1 aliphatic carbocycles. The number of benzene rings is 1. The largest absolute Gasteiger partial charge is 0.388 e. The van der Waals surface area contributed by atoms with Gasteiger partial charge >= 0.3 is 0 Å². The van der Waals surface area contributed by atoms with E-state index in [1.54, 1.807) is 6.07 Å². The second kappa shape index (κ2) is 3.35. The molecule has 1 nitrogen and oxygen atoms in total. The minimum Gasteiger partial charge on any atom is -0.388 e. The Bertz CT molecular complexity index is 358. The van der Waals surface area contributed by atoms with Crippen molar-refractivity contribution in [1.29, 1.82) is 0 Å². The van der Waals surface area contributed by atoms with Gasteiger partial charge in [-0.05, 0) is 35.4 Å². The molecule has 1 unspecified atom stereocenters. The van der Waals surface area contributed by atoms with Crippen molar-refractivity contribution in [2.75, 3.05) is 0 Å². The van der Waals surface area contributed by atoms with E-state index in [1.165, 1.54) is 0 Å². The first-order chi connectivity index (χ1) is 6.61. The summed E-state index contributed by atoms with van der Waals surface area (Å²) in [5, 5.41) is 9.57. The molecule has 1 aliphatic rings. The summed E-state index contributed by atoms with van der Waals surface area (Å²) >= 11 is 0. The smallest absolute Gasteiger partial charge is 0.130 e. The number of hydrogen-bond donors (Lipinski definition) is 1. The molecule has 0 saturated heterocycles. The molecule has 1 aromatic rings. The van der Waals surface area contributed by atoms with Crippen LogP contribution < -0.4 is 0 Å². The molecule has 0 saturated carbocycles. The van der Waals surface area contributed by atoms with Crippen LogP contribution in [-0.4, -0.2) is 5.11 Å². The Morgan fingerprint density at radius 3 is 2.79 bits per heavy atom. The number of fused-ring (bicyclic) bond motifs is 1. The van der Waals surface area contributed by atoms with Crippen LogP contribution in [0.5, 0.6) is 0 Å². The van der Waals surface area contributed by atoms with Crippen LogP contribution in [0.25, 0.3) is 0 Å². The minimum absolute atomic E-state index is 0.103. The van der Waals surface area contributed by atoms with Crippen LogP contribution in [0.2, 0.25) is 0 Å². The summed E-state index contributed by atoms with van der Waals surface area (Å²) in [6.07, 6.45) is 0.872. The highest BCUT2D eigenvalue weighted by atomic mass is 19.1. The predicted molar refractivity (Wildman–Crippen MR) is 53.8 cm³/mol. The molecular weight excluding hydrogens is 179 g/mol. The van der Waals surface area contributed by atoms with Gasteiger partial charge in [0.2, 0.25) is 0 Å². The summed E-state index contributed by atoms with van der Waals surface area (Å²) in [6, 6.07) is 3.67. The van der Waals surface area contributed by atoms with Crippen molar-refractivity contribution in [3.8, 4) is 0 Å². The van der Waals surface area contributed by atoms with Crippen LogP contribution in [0, 0.1) is 5.82 Å². The molecule has 0 bridgehead atoms.